The van der Waals surface area contributed by atoms with E-state index >= 15 is 0 Å². The maximum Gasteiger partial charge on any atom is 0.313 e. The second-order valence-corrected chi connectivity index (χ2v) is 4.16. The molecule has 0 aromatic carbocycles. The predicted octanol–water partition coefficient (Wildman–Crippen LogP) is 0.961. The molecule has 3 N–H and O–H groups in total. The van der Waals surface area contributed by atoms with Crippen LogP contribution in [0.15, 0.2) is 0 Å². The molecule has 0 aromatic rings. The fourth-order valence-electron chi connectivity index (χ4n) is 2.60. The average molecular weight is 184 g/mol. The van der Waals surface area contributed by atoms with Crippen molar-refractivity contribution >= 4 is 6.03 Å². The lowest BCUT2D eigenvalue weighted by Crippen LogP contribution is -2.37. The molecule has 2 aliphatic carbocycles. The van der Waals surface area contributed by atoms with Gasteiger partial charge in [-0.3, -0.25) is 0 Å². The van der Waals surface area contributed by atoms with E-state index < -0.39 is 6.03 Å². The first-order valence-corrected chi connectivity index (χ1v) is 4.87. The third kappa shape index (κ3) is 1.77. The van der Waals surface area contributed by atoms with Gasteiger partial charge in [0.25, 0.3) is 0 Å². The number of hydrogen-bond donors (Lipinski definition) is 2. The summed E-state index contributed by atoms with van der Waals surface area (Å²) >= 11 is 0. The van der Waals surface area contributed by atoms with Crippen LogP contribution in [0.5, 0.6) is 0 Å². The van der Waals surface area contributed by atoms with E-state index in [-0.39, 0.29) is 12.3 Å². The van der Waals surface area contributed by atoms with E-state index in [1.807, 2.05) is 0 Å². The predicted molar refractivity (Wildman–Crippen MR) is 48.0 cm³/mol. The molecule has 0 saturated heterocycles. The minimum atomic E-state index is -0.510. The minimum absolute atomic E-state index is 0.0765. The summed E-state index contributed by atoms with van der Waals surface area (Å²) in [5.74, 6) is 0.869. The van der Waals surface area contributed by atoms with Crippen LogP contribution in [0.2, 0.25) is 0 Å². The number of nitrogens with one attached hydrogen (secondary N) is 1. The highest BCUT2D eigenvalue weighted by Crippen LogP contribution is 2.49. The third-order valence-corrected chi connectivity index (χ3v) is 3.30. The van der Waals surface area contributed by atoms with Gasteiger partial charge in [-0.1, -0.05) is 0 Å². The van der Waals surface area contributed by atoms with Gasteiger partial charge in [-0.05, 0) is 38.0 Å². The van der Waals surface area contributed by atoms with E-state index in [9.17, 15) is 4.79 Å². The normalized spacial score (nSPS) is 36.5. The standard InChI is InChI=1S/C9H16N2O2/c10-8(12)11-6-13-9-3-1-7(5-9)2-4-9/h7H,1-6H2,(H3,10,11,12). The molecule has 2 amide bonds. The molecule has 4 heteroatoms. The van der Waals surface area contributed by atoms with E-state index in [1.54, 1.807) is 0 Å². The molecular weight excluding hydrogens is 168 g/mol. The highest BCUT2D eigenvalue weighted by Gasteiger charge is 2.45. The van der Waals surface area contributed by atoms with Gasteiger partial charge in [-0.15, -0.1) is 0 Å². The number of ether oxygens (including phenoxy) is 1. The van der Waals surface area contributed by atoms with Gasteiger partial charge < -0.3 is 15.8 Å². The molecule has 2 bridgehead atoms. The number of rotatable bonds is 3. The van der Waals surface area contributed by atoms with Gasteiger partial charge in [-0.2, -0.15) is 0 Å². The molecule has 0 spiro atoms. The van der Waals surface area contributed by atoms with Crippen molar-refractivity contribution < 1.29 is 9.53 Å². The van der Waals surface area contributed by atoms with Crippen molar-refractivity contribution in [1.29, 1.82) is 0 Å². The Kier molecular flexibility index (Phi) is 2.15. The largest absolute Gasteiger partial charge is 0.355 e. The molecule has 2 aliphatic rings. The smallest absolute Gasteiger partial charge is 0.313 e. The summed E-state index contributed by atoms with van der Waals surface area (Å²) < 4.78 is 5.68. The number of carbonyl (C=O) groups is 1. The van der Waals surface area contributed by atoms with Crippen LogP contribution in [0.1, 0.15) is 32.1 Å². The fraction of sp³-hybridized carbons (Fsp3) is 0.889. The molecule has 0 aromatic heterocycles. The van der Waals surface area contributed by atoms with Crippen molar-refractivity contribution in [1.82, 2.24) is 5.32 Å². The van der Waals surface area contributed by atoms with E-state index in [1.165, 1.54) is 19.3 Å². The lowest BCUT2D eigenvalue weighted by atomic mass is 9.97. The number of primary amides is 1. The first-order chi connectivity index (χ1) is 6.20. The monoisotopic (exact) mass is 184 g/mol. The van der Waals surface area contributed by atoms with Crippen molar-refractivity contribution in [2.24, 2.45) is 11.7 Å². The Morgan fingerprint density at radius 1 is 1.54 bits per heavy atom. The Labute approximate surface area is 77.8 Å². The van der Waals surface area contributed by atoms with Crippen molar-refractivity contribution in [3.8, 4) is 0 Å². The van der Waals surface area contributed by atoms with Crippen LogP contribution in [0.3, 0.4) is 0 Å². The Morgan fingerprint density at radius 2 is 2.23 bits per heavy atom. The Morgan fingerprint density at radius 3 is 2.69 bits per heavy atom. The quantitative estimate of drug-likeness (QED) is 0.642. The summed E-state index contributed by atoms with van der Waals surface area (Å²) in [4.78, 5) is 10.4. The topological polar surface area (TPSA) is 64.4 Å². The van der Waals surface area contributed by atoms with Crippen LogP contribution < -0.4 is 11.1 Å². The highest BCUT2D eigenvalue weighted by molar-refractivity contribution is 5.71. The van der Waals surface area contributed by atoms with Gasteiger partial charge in [0.05, 0.1) is 5.60 Å². The zero-order valence-electron chi connectivity index (χ0n) is 7.71. The molecule has 0 unspecified atom stereocenters. The Bertz CT molecular complexity index is 210. The van der Waals surface area contributed by atoms with Crippen molar-refractivity contribution in [3.05, 3.63) is 0 Å². The molecule has 0 heterocycles. The van der Waals surface area contributed by atoms with E-state index in [0.29, 0.717) is 0 Å². The number of carbonyl (C=O) groups excluding carboxylic acids is 1. The minimum Gasteiger partial charge on any atom is -0.355 e. The molecule has 0 atom stereocenters. The maximum absolute atomic E-state index is 10.4. The van der Waals surface area contributed by atoms with Crippen LogP contribution in [-0.4, -0.2) is 18.4 Å². The van der Waals surface area contributed by atoms with Crippen LogP contribution in [-0.2, 0) is 4.74 Å². The maximum atomic E-state index is 10.4. The fourth-order valence-corrected chi connectivity index (χ4v) is 2.60. The SMILES string of the molecule is NC(=O)NCOC12CCC(CC1)C2. The molecule has 0 aliphatic heterocycles. The second kappa shape index (κ2) is 3.18. The zero-order valence-corrected chi connectivity index (χ0v) is 7.71. The molecule has 74 valence electrons. The van der Waals surface area contributed by atoms with Gasteiger partial charge in [0.2, 0.25) is 0 Å². The zero-order chi connectivity index (χ0) is 9.31. The van der Waals surface area contributed by atoms with Gasteiger partial charge in [0.15, 0.2) is 0 Å². The molecular formula is C9H16N2O2. The summed E-state index contributed by atoms with van der Waals surface area (Å²) in [6, 6.07) is -0.510. The van der Waals surface area contributed by atoms with Crippen LogP contribution in [0.4, 0.5) is 4.79 Å². The van der Waals surface area contributed by atoms with Crippen LogP contribution in [0.25, 0.3) is 0 Å². The average Bonchev–Trinajstić information content (AvgIpc) is 2.62. The van der Waals surface area contributed by atoms with Crippen LogP contribution in [0, 0.1) is 5.92 Å². The first-order valence-electron chi connectivity index (χ1n) is 4.87. The van der Waals surface area contributed by atoms with Gasteiger partial charge in [0, 0.05) is 0 Å². The van der Waals surface area contributed by atoms with Crippen molar-refractivity contribution in [3.63, 3.8) is 0 Å². The molecule has 2 rings (SSSR count). The summed E-state index contributed by atoms with van der Waals surface area (Å²) in [7, 11) is 0. The Balaban J connectivity index is 1.77. The third-order valence-electron chi connectivity index (χ3n) is 3.30. The Hall–Kier alpha value is -0.770. The highest BCUT2D eigenvalue weighted by atomic mass is 16.5. The molecule has 4 nitrogen and oxygen atoms in total. The van der Waals surface area contributed by atoms with Crippen molar-refractivity contribution in [2.75, 3.05) is 6.73 Å². The van der Waals surface area contributed by atoms with Crippen molar-refractivity contribution in [2.45, 2.75) is 37.7 Å². The lowest BCUT2D eigenvalue weighted by Gasteiger charge is -2.26. The summed E-state index contributed by atoms with van der Waals surface area (Å²) in [6.07, 6.45) is 6.05. The second-order valence-electron chi connectivity index (χ2n) is 4.16. The number of hydrogen-bond acceptors (Lipinski definition) is 2. The van der Waals surface area contributed by atoms with E-state index in [2.05, 4.69) is 5.32 Å². The molecule has 0 radical (unpaired) electrons. The molecule has 2 fully saturated rings. The first kappa shape index (κ1) is 8.81. The summed E-state index contributed by atoms with van der Waals surface area (Å²) in [5.41, 5.74) is 5.02. The lowest BCUT2D eigenvalue weighted by molar-refractivity contribution is -0.0418. The molecule has 2 saturated carbocycles. The number of urea groups is 1. The summed E-state index contributed by atoms with van der Waals surface area (Å²) in [5, 5.41) is 2.47. The number of nitrogens with two attached hydrogens (primary N) is 1. The van der Waals surface area contributed by atoms with E-state index in [4.69, 9.17) is 10.5 Å². The molecule has 13 heavy (non-hydrogen) atoms. The van der Waals surface area contributed by atoms with Crippen LogP contribution >= 0.6 is 0 Å². The van der Waals surface area contributed by atoms with Gasteiger partial charge >= 0.3 is 6.03 Å². The van der Waals surface area contributed by atoms with Gasteiger partial charge in [-0.25, -0.2) is 4.79 Å². The van der Waals surface area contributed by atoms with E-state index in [0.717, 1.165) is 18.8 Å². The van der Waals surface area contributed by atoms with Gasteiger partial charge in [0.1, 0.15) is 6.73 Å². The number of fused-ring (bicyclic) bond motifs is 2. The summed E-state index contributed by atoms with van der Waals surface area (Å²) in [6.45, 7) is 0.266. The number of amides is 2.